The van der Waals surface area contributed by atoms with E-state index in [0.717, 1.165) is 48.6 Å². The molecule has 0 atom stereocenters. The highest BCUT2D eigenvalue weighted by molar-refractivity contribution is 7.22. The van der Waals surface area contributed by atoms with Gasteiger partial charge in [-0.1, -0.05) is 17.4 Å². The van der Waals surface area contributed by atoms with E-state index >= 15 is 0 Å². The van der Waals surface area contributed by atoms with Gasteiger partial charge in [-0.2, -0.15) is 0 Å². The number of hydrogen-bond donors (Lipinski definition) is 0. The van der Waals surface area contributed by atoms with Gasteiger partial charge in [-0.3, -0.25) is 14.6 Å². The van der Waals surface area contributed by atoms with Crippen molar-refractivity contribution >= 4 is 32.6 Å². The number of carbonyl (C=O) groups excluding carboxylic acids is 1. The van der Waals surface area contributed by atoms with Gasteiger partial charge in [0.2, 0.25) is 5.76 Å². The molecule has 1 aromatic heterocycles. The molecule has 0 spiro atoms. The summed E-state index contributed by atoms with van der Waals surface area (Å²) in [5.74, 6) is 0.0294. The number of nitrogens with zero attached hydrogens (tertiary/aromatic N) is 3. The summed E-state index contributed by atoms with van der Waals surface area (Å²) in [4.78, 5) is 22.0. The Hall–Kier alpha value is -2.16. The Morgan fingerprint density at radius 1 is 1.21 bits per heavy atom. The Kier molecular flexibility index (Phi) is 5.79. The van der Waals surface area contributed by atoms with Crippen LogP contribution in [0.15, 0.2) is 24.2 Å². The molecule has 150 valence electrons. The van der Waals surface area contributed by atoms with Crippen molar-refractivity contribution in [1.29, 1.82) is 0 Å². The Bertz CT molecular complexity index is 889. The zero-order valence-corrected chi connectivity index (χ0v) is 17.1. The molecule has 0 unspecified atom stereocenters. The maximum atomic E-state index is 13.2. The number of morpholine rings is 1. The molecule has 0 radical (unpaired) electrons. The van der Waals surface area contributed by atoms with Crippen molar-refractivity contribution in [2.24, 2.45) is 0 Å². The summed E-state index contributed by atoms with van der Waals surface area (Å²) in [6, 6.07) is 4.24. The summed E-state index contributed by atoms with van der Waals surface area (Å²) >= 11 is 1.54. The van der Waals surface area contributed by atoms with Gasteiger partial charge in [0.15, 0.2) is 5.13 Å². The average molecular weight is 404 g/mol. The maximum absolute atomic E-state index is 13.2. The van der Waals surface area contributed by atoms with Crippen LogP contribution in [-0.4, -0.2) is 68.4 Å². The van der Waals surface area contributed by atoms with E-state index in [1.165, 1.54) is 23.2 Å². The van der Waals surface area contributed by atoms with Crippen molar-refractivity contribution in [2.45, 2.75) is 13.8 Å². The van der Waals surface area contributed by atoms with Gasteiger partial charge in [0.05, 0.1) is 23.4 Å². The van der Waals surface area contributed by atoms with Gasteiger partial charge in [0.25, 0.3) is 5.91 Å². The maximum Gasteiger partial charge on any atom is 0.298 e. The van der Waals surface area contributed by atoms with Crippen molar-refractivity contribution in [1.82, 2.24) is 9.88 Å². The topological polar surface area (TPSA) is 64.1 Å². The molecule has 1 fully saturated rings. The largest absolute Gasteiger partial charge is 0.494 e. The van der Waals surface area contributed by atoms with E-state index in [2.05, 4.69) is 30.9 Å². The second-order valence-electron chi connectivity index (χ2n) is 7.04. The number of hydrogen-bond acceptors (Lipinski definition) is 7. The lowest BCUT2D eigenvalue weighted by Crippen LogP contribution is -2.44. The predicted molar refractivity (Wildman–Crippen MR) is 109 cm³/mol. The van der Waals surface area contributed by atoms with Gasteiger partial charge in [-0.25, -0.2) is 4.98 Å². The van der Waals surface area contributed by atoms with Gasteiger partial charge in [-0.05, 0) is 31.0 Å². The number of ether oxygens (including phenoxy) is 3. The number of benzene rings is 1. The predicted octanol–water partition coefficient (Wildman–Crippen LogP) is 2.47. The van der Waals surface area contributed by atoms with Crippen molar-refractivity contribution in [3.8, 4) is 0 Å². The molecule has 1 aromatic carbocycles. The van der Waals surface area contributed by atoms with E-state index in [9.17, 15) is 4.79 Å². The molecular formula is C20H25N3O4S. The molecular weight excluding hydrogens is 378 g/mol. The average Bonchev–Trinajstić information content (AvgIpc) is 3.13. The molecule has 2 aromatic rings. The Morgan fingerprint density at radius 2 is 2.04 bits per heavy atom. The van der Waals surface area contributed by atoms with Crippen LogP contribution in [0.5, 0.6) is 0 Å². The van der Waals surface area contributed by atoms with E-state index in [1.807, 2.05) is 0 Å². The van der Waals surface area contributed by atoms with Crippen LogP contribution < -0.4 is 4.90 Å². The van der Waals surface area contributed by atoms with E-state index in [-0.39, 0.29) is 11.7 Å². The number of carbonyl (C=O) groups is 1. The van der Waals surface area contributed by atoms with Gasteiger partial charge >= 0.3 is 0 Å². The van der Waals surface area contributed by atoms with Crippen LogP contribution in [0.25, 0.3) is 10.2 Å². The molecule has 7 nitrogen and oxygen atoms in total. The lowest BCUT2D eigenvalue weighted by Gasteiger charge is -2.29. The first-order valence-corrected chi connectivity index (χ1v) is 10.4. The SMILES string of the molecule is Cc1cc(C)c2nc(N(CCN3CCOCC3)C(=O)C3=COCCO3)sc2c1. The molecule has 3 heterocycles. The fraction of sp³-hybridized carbons (Fsp3) is 0.500. The minimum absolute atomic E-state index is 0.207. The number of thiazole rings is 1. The summed E-state index contributed by atoms with van der Waals surface area (Å²) in [6.45, 7) is 9.49. The molecule has 1 saturated heterocycles. The lowest BCUT2D eigenvalue weighted by molar-refractivity contribution is -0.119. The summed E-state index contributed by atoms with van der Waals surface area (Å²) < 4.78 is 17.3. The molecule has 2 aliphatic rings. The summed E-state index contributed by atoms with van der Waals surface area (Å²) in [5.41, 5.74) is 3.26. The van der Waals surface area contributed by atoms with Crippen LogP contribution in [0.4, 0.5) is 5.13 Å². The van der Waals surface area contributed by atoms with Crippen molar-refractivity contribution in [2.75, 3.05) is 57.5 Å². The van der Waals surface area contributed by atoms with Crippen LogP contribution in [0.3, 0.4) is 0 Å². The number of rotatable bonds is 5. The first-order chi connectivity index (χ1) is 13.6. The van der Waals surface area contributed by atoms with E-state index < -0.39 is 0 Å². The smallest absolute Gasteiger partial charge is 0.298 e. The third-order valence-corrected chi connectivity index (χ3v) is 5.92. The highest BCUT2D eigenvalue weighted by Gasteiger charge is 2.27. The van der Waals surface area contributed by atoms with Gasteiger partial charge < -0.3 is 14.2 Å². The van der Waals surface area contributed by atoms with Gasteiger partial charge in [-0.15, -0.1) is 0 Å². The minimum Gasteiger partial charge on any atom is -0.494 e. The van der Waals surface area contributed by atoms with E-state index in [0.29, 0.717) is 24.9 Å². The summed E-state index contributed by atoms with van der Waals surface area (Å²) in [7, 11) is 0. The molecule has 2 aliphatic heterocycles. The fourth-order valence-electron chi connectivity index (χ4n) is 3.44. The number of aryl methyl sites for hydroxylation is 2. The van der Waals surface area contributed by atoms with Gasteiger partial charge in [0, 0.05) is 26.2 Å². The highest BCUT2D eigenvalue weighted by Crippen LogP contribution is 2.32. The minimum atomic E-state index is -0.207. The summed E-state index contributed by atoms with van der Waals surface area (Å²) in [5, 5.41) is 0.692. The lowest BCUT2D eigenvalue weighted by atomic mass is 10.1. The number of fused-ring (bicyclic) bond motifs is 1. The Labute approximate surface area is 168 Å². The third kappa shape index (κ3) is 4.14. The van der Waals surface area contributed by atoms with Crippen LogP contribution in [0, 0.1) is 13.8 Å². The Morgan fingerprint density at radius 3 is 2.79 bits per heavy atom. The molecule has 0 N–H and O–H groups in total. The molecule has 8 heteroatoms. The van der Waals surface area contributed by atoms with E-state index in [1.54, 1.807) is 4.90 Å². The second-order valence-corrected chi connectivity index (χ2v) is 8.05. The quantitative estimate of drug-likeness (QED) is 0.764. The number of anilines is 1. The van der Waals surface area contributed by atoms with Crippen LogP contribution in [-0.2, 0) is 19.0 Å². The van der Waals surface area contributed by atoms with Crippen molar-refractivity contribution in [3.05, 3.63) is 35.3 Å². The molecule has 0 bridgehead atoms. The monoisotopic (exact) mass is 403 g/mol. The van der Waals surface area contributed by atoms with Crippen LogP contribution in [0.2, 0.25) is 0 Å². The zero-order chi connectivity index (χ0) is 19.5. The van der Waals surface area contributed by atoms with Crippen LogP contribution in [0.1, 0.15) is 11.1 Å². The highest BCUT2D eigenvalue weighted by atomic mass is 32.1. The zero-order valence-electron chi connectivity index (χ0n) is 16.3. The molecule has 0 aliphatic carbocycles. The first kappa shape index (κ1) is 19.2. The molecule has 28 heavy (non-hydrogen) atoms. The third-order valence-electron chi connectivity index (χ3n) is 4.90. The van der Waals surface area contributed by atoms with Crippen molar-refractivity contribution in [3.63, 3.8) is 0 Å². The normalized spacial score (nSPS) is 17.7. The van der Waals surface area contributed by atoms with Crippen molar-refractivity contribution < 1.29 is 19.0 Å². The number of amides is 1. The molecule has 4 rings (SSSR count). The number of aromatic nitrogens is 1. The van der Waals surface area contributed by atoms with Gasteiger partial charge in [0.1, 0.15) is 19.5 Å². The Balaban J connectivity index is 1.62. The molecule has 0 saturated carbocycles. The fourth-order valence-corrected chi connectivity index (χ4v) is 4.60. The summed E-state index contributed by atoms with van der Waals surface area (Å²) in [6.07, 6.45) is 1.41. The standard InChI is InChI=1S/C20H25N3O4S/c1-14-11-15(2)18-17(12-14)28-20(21-18)23(4-3-22-5-7-25-8-6-22)19(24)16-13-26-9-10-27-16/h11-13H,3-10H2,1-2H3. The van der Waals surface area contributed by atoms with E-state index in [4.69, 9.17) is 19.2 Å². The molecule has 1 amide bonds. The van der Waals surface area contributed by atoms with Crippen LogP contribution >= 0.6 is 11.3 Å². The first-order valence-electron chi connectivity index (χ1n) is 9.56. The second kappa shape index (κ2) is 8.46.